The van der Waals surface area contributed by atoms with Gasteiger partial charge in [-0.05, 0) is 31.6 Å². The van der Waals surface area contributed by atoms with E-state index in [-0.39, 0.29) is 5.91 Å². The summed E-state index contributed by atoms with van der Waals surface area (Å²) in [7, 11) is 0. The molecular formula is C16H30N2OS. The fourth-order valence-corrected chi connectivity index (χ4v) is 3.63. The van der Waals surface area contributed by atoms with Gasteiger partial charge in [-0.3, -0.25) is 4.79 Å². The van der Waals surface area contributed by atoms with Gasteiger partial charge in [0.2, 0.25) is 5.91 Å². The highest BCUT2D eigenvalue weighted by molar-refractivity contribution is 7.80. The van der Waals surface area contributed by atoms with E-state index in [0.29, 0.717) is 16.9 Å². The van der Waals surface area contributed by atoms with E-state index in [9.17, 15) is 4.79 Å². The minimum Gasteiger partial charge on any atom is -0.392 e. The molecule has 3 nitrogen and oxygen atoms in total. The lowest BCUT2D eigenvalue weighted by molar-refractivity contribution is -0.141. The molecule has 0 unspecified atom stereocenters. The van der Waals surface area contributed by atoms with Crippen LogP contribution in [0.15, 0.2) is 0 Å². The normalized spacial score (nSPS) is 17.7. The highest BCUT2D eigenvalue weighted by Crippen LogP contribution is 2.41. The molecule has 116 valence electrons. The Hall–Kier alpha value is -0.640. The summed E-state index contributed by atoms with van der Waals surface area (Å²) >= 11 is 5.27. The van der Waals surface area contributed by atoms with Crippen LogP contribution in [0.1, 0.15) is 66.2 Å². The highest BCUT2D eigenvalue weighted by Gasteiger charge is 2.47. The Balaban J connectivity index is 3.04. The van der Waals surface area contributed by atoms with Crippen LogP contribution in [0.5, 0.6) is 0 Å². The fourth-order valence-electron chi connectivity index (χ4n) is 3.34. The number of amides is 1. The van der Waals surface area contributed by atoms with Gasteiger partial charge in [0, 0.05) is 12.6 Å². The van der Waals surface area contributed by atoms with Crippen LogP contribution >= 0.6 is 12.2 Å². The lowest BCUT2D eigenvalue weighted by Crippen LogP contribution is -2.53. The van der Waals surface area contributed by atoms with E-state index >= 15 is 0 Å². The van der Waals surface area contributed by atoms with Gasteiger partial charge in [0.25, 0.3) is 0 Å². The molecule has 0 aromatic heterocycles. The van der Waals surface area contributed by atoms with E-state index in [4.69, 9.17) is 18.0 Å². The van der Waals surface area contributed by atoms with Crippen molar-refractivity contribution in [2.24, 2.45) is 17.1 Å². The number of carbonyl (C=O) groups is 1. The third-order valence-electron chi connectivity index (χ3n) is 4.54. The van der Waals surface area contributed by atoms with Crippen molar-refractivity contribution >= 4 is 23.1 Å². The second-order valence-corrected chi connectivity index (χ2v) is 6.91. The fraction of sp³-hybridized carbons (Fsp3) is 0.875. The van der Waals surface area contributed by atoms with Crippen LogP contribution in [0.3, 0.4) is 0 Å². The summed E-state index contributed by atoms with van der Waals surface area (Å²) in [5, 5.41) is 0. The molecule has 20 heavy (non-hydrogen) atoms. The van der Waals surface area contributed by atoms with Crippen molar-refractivity contribution in [3.8, 4) is 0 Å². The summed E-state index contributed by atoms with van der Waals surface area (Å²) in [6.07, 6.45) is 5.75. The molecule has 1 aliphatic rings. The number of rotatable bonds is 7. The molecule has 4 heteroatoms. The first-order valence-electron chi connectivity index (χ1n) is 8.00. The van der Waals surface area contributed by atoms with Crippen LogP contribution in [0.4, 0.5) is 0 Å². The molecule has 0 bridgehead atoms. The third kappa shape index (κ3) is 3.51. The Morgan fingerprint density at radius 1 is 1.25 bits per heavy atom. The molecule has 2 N–H and O–H groups in total. The van der Waals surface area contributed by atoms with Gasteiger partial charge in [-0.25, -0.2) is 0 Å². The lowest BCUT2D eigenvalue weighted by atomic mass is 9.83. The molecule has 0 radical (unpaired) electrons. The maximum Gasteiger partial charge on any atom is 0.235 e. The molecular weight excluding hydrogens is 268 g/mol. The number of thiocarbonyl (C=S) groups is 1. The Bertz CT molecular complexity index is 344. The first-order valence-corrected chi connectivity index (χ1v) is 8.40. The zero-order valence-corrected chi connectivity index (χ0v) is 14.3. The van der Waals surface area contributed by atoms with Gasteiger partial charge in [-0.15, -0.1) is 0 Å². The van der Waals surface area contributed by atoms with Crippen molar-refractivity contribution in [2.45, 2.75) is 72.3 Å². The number of hydrogen-bond acceptors (Lipinski definition) is 2. The number of hydrogen-bond donors (Lipinski definition) is 1. The maximum absolute atomic E-state index is 13.2. The summed E-state index contributed by atoms with van der Waals surface area (Å²) in [4.78, 5) is 15.6. The predicted molar refractivity (Wildman–Crippen MR) is 88.6 cm³/mol. The van der Waals surface area contributed by atoms with E-state index in [0.717, 1.165) is 45.1 Å². The molecule has 1 fully saturated rings. The van der Waals surface area contributed by atoms with Crippen molar-refractivity contribution in [1.29, 1.82) is 0 Å². The Morgan fingerprint density at radius 2 is 1.75 bits per heavy atom. The topological polar surface area (TPSA) is 46.3 Å². The second-order valence-electron chi connectivity index (χ2n) is 6.48. The lowest BCUT2D eigenvalue weighted by Gasteiger charge is -2.39. The van der Waals surface area contributed by atoms with E-state index < -0.39 is 5.41 Å². The zero-order chi connectivity index (χ0) is 15.3. The van der Waals surface area contributed by atoms with Gasteiger partial charge < -0.3 is 10.6 Å². The van der Waals surface area contributed by atoms with Crippen molar-refractivity contribution in [3.63, 3.8) is 0 Å². The van der Waals surface area contributed by atoms with Gasteiger partial charge in [0.1, 0.15) is 0 Å². The molecule has 1 saturated carbocycles. The summed E-state index contributed by atoms with van der Waals surface area (Å²) in [6, 6.07) is 0.303. The quantitative estimate of drug-likeness (QED) is 0.732. The number of nitrogens with zero attached hydrogens (tertiary/aromatic N) is 1. The summed E-state index contributed by atoms with van der Waals surface area (Å²) in [6.45, 7) is 9.42. The van der Waals surface area contributed by atoms with E-state index in [1.807, 2.05) is 0 Å². The molecule has 0 saturated heterocycles. The van der Waals surface area contributed by atoms with Crippen LogP contribution in [0, 0.1) is 11.3 Å². The van der Waals surface area contributed by atoms with Crippen LogP contribution in [0.2, 0.25) is 0 Å². The Morgan fingerprint density at radius 3 is 2.10 bits per heavy atom. The number of carbonyl (C=O) groups excluding carboxylic acids is 1. The smallest absolute Gasteiger partial charge is 0.235 e. The van der Waals surface area contributed by atoms with Gasteiger partial charge >= 0.3 is 0 Å². The monoisotopic (exact) mass is 298 g/mol. The van der Waals surface area contributed by atoms with E-state index in [1.54, 1.807) is 0 Å². The molecule has 0 spiro atoms. The number of nitrogens with two attached hydrogens (primary N) is 1. The summed E-state index contributed by atoms with van der Waals surface area (Å²) < 4.78 is 0. The van der Waals surface area contributed by atoms with Crippen LogP contribution in [-0.2, 0) is 4.79 Å². The Labute approximate surface area is 129 Å². The molecule has 0 aliphatic heterocycles. The standard InChI is InChI=1S/C16H30N2OS/c1-5-13(6-2)18(11-12(3)4)15(19)16(14(17)20)9-7-8-10-16/h12-13H,5-11H2,1-4H3,(H2,17,20). The van der Waals surface area contributed by atoms with Crippen molar-refractivity contribution in [1.82, 2.24) is 4.90 Å². The largest absolute Gasteiger partial charge is 0.392 e. The van der Waals surface area contributed by atoms with Gasteiger partial charge in [0.15, 0.2) is 0 Å². The van der Waals surface area contributed by atoms with E-state index in [1.165, 1.54) is 0 Å². The molecule has 0 heterocycles. The average molecular weight is 298 g/mol. The van der Waals surface area contributed by atoms with Crippen molar-refractivity contribution in [2.75, 3.05) is 6.54 Å². The highest BCUT2D eigenvalue weighted by atomic mass is 32.1. The molecule has 0 aromatic rings. The third-order valence-corrected chi connectivity index (χ3v) is 4.93. The van der Waals surface area contributed by atoms with E-state index in [2.05, 4.69) is 32.6 Å². The SMILES string of the molecule is CCC(CC)N(CC(C)C)C(=O)C1(C(N)=S)CCCC1. The first kappa shape index (κ1) is 17.4. The molecule has 0 aromatic carbocycles. The minimum absolute atomic E-state index is 0.185. The summed E-state index contributed by atoms with van der Waals surface area (Å²) in [5.41, 5.74) is 5.41. The first-order chi connectivity index (χ1) is 9.39. The second kappa shape index (κ2) is 7.39. The van der Waals surface area contributed by atoms with Crippen LogP contribution in [0.25, 0.3) is 0 Å². The van der Waals surface area contributed by atoms with Crippen LogP contribution < -0.4 is 5.73 Å². The minimum atomic E-state index is -0.563. The Kier molecular flexibility index (Phi) is 6.44. The molecule has 1 rings (SSSR count). The van der Waals surface area contributed by atoms with Gasteiger partial charge in [-0.1, -0.05) is 52.8 Å². The van der Waals surface area contributed by atoms with Gasteiger partial charge in [0.05, 0.1) is 10.4 Å². The zero-order valence-electron chi connectivity index (χ0n) is 13.4. The van der Waals surface area contributed by atoms with Gasteiger partial charge in [-0.2, -0.15) is 0 Å². The molecule has 0 atom stereocenters. The predicted octanol–water partition coefficient (Wildman–Crippen LogP) is 3.51. The molecule has 1 aliphatic carbocycles. The van der Waals surface area contributed by atoms with Crippen molar-refractivity contribution in [3.05, 3.63) is 0 Å². The summed E-state index contributed by atoms with van der Waals surface area (Å²) in [5.74, 6) is 0.647. The average Bonchev–Trinajstić information content (AvgIpc) is 2.88. The molecule has 1 amide bonds. The maximum atomic E-state index is 13.2. The van der Waals surface area contributed by atoms with Crippen molar-refractivity contribution < 1.29 is 4.79 Å². The van der Waals surface area contributed by atoms with Crippen LogP contribution in [-0.4, -0.2) is 28.4 Å².